The number of nitrogens with two attached hydrogens (primary N) is 1. The molecule has 114 valence electrons. The van der Waals surface area contributed by atoms with Crippen molar-refractivity contribution in [1.82, 2.24) is 0 Å². The van der Waals surface area contributed by atoms with Gasteiger partial charge >= 0.3 is 129 Å². The van der Waals surface area contributed by atoms with Crippen molar-refractivity contribution in [2.75, 3.05) is 20.8 Å². The van der Waals surface area contributed by atoms with Gasteiger partial charge in [-0.3, -0.25) is 0 Å². The molecular weight excluding hydrogens is 317 g/mol. The van der Waals surface area contributed by atoms with Gasteiger partial charge in [0.1, 0.15) is 0 Å². The van der Waals surface area contributed by atoms with E-state index >= 15 is 0 Å². The number of hydrogen-bond donors (Lipinski definition) is 1. The van der Waals surface area contributed by atoms with Crippen LogP contribution in [-0.4, -0.2) is 35.7 Å². The summed E-state index contributed by atoms with van der Waals surface area (Å²) in [5.74, 6) is 1.94. The average molecular weight is 344 g/mol. The monoisotopic (exact) mass is 345 g/mol. The summed E-state index contributed by atoms with van der Waals surface area (Å²) in [6.07, 6.45) is 6.10. The van der Waals surface area contributed by atoms with Crippen molar-refractivity contribution in [3.05, 3.63) is 17.7 Å². The molecular formula is C16H27NO2Se. The van der Waals surface area contributed by atoms with E-state index < -0.39 is 0 Å². The van der Waals surface area contributed by atoms with Crippen LogP contribution in [0.1, 0.15) is 38.2 Å². The third kappa shape index (κ3) is 5.35. The van der Waals surface area contributed by atoms with Gasteiger partial charge in [-0.05, 0) is 0 Å². The van der Waals surface area contributed by atoms with E-state index in [1.54, 1.807) is 14.2 Å². The standard InChI is InChI=1S/C16H27NO2Se/c1-4-5-6-7-10-20-16-12-14(18-2)13(8-9-17)11-15(16)19-3/h11-12H,4-10,17H2,1-3H3. The van der Waals surface area contributed by atoms with Crippen molar-refractivity contribution < 1.29 is 9.47 Å². The predicted octanol–water partition coefficient (Wildman–Crippen LogP) is 2.53. The van der Waals surface area contributed by atoms with Crippen molar-refractivity contribution in [3.8, 4) is 11.5 Å². The van der Waals surface area contributed by atoms with Crippen LogP contribution in [0.25, 0.3) is 0 Å². The molecule has 0 aliphatic carbocycles. The van der Waals surface area contributed by atoms with Crippen molar-refractivity contribution in [1.29, 1.82) is 0 Å². The van der Waals surface area contributed by atoms with Crippen LogP contribution in [-0.2, 0) is 6.42 Å². The van der Waals surface area contributed by atoms with Crippen LogP contribution in [0.2, 0.25) is 5.32 Å². The second-order valence-corrected chi connectivity index (χ2v) is 7.15. The van der Waals surface area contributed by atoms with Gasteiger partial charge in [0, 0.05) is 0 Å². The summed E-state index contributed by atoms with van der Waals surface area (Å²) in [6, 6.07) is 4.23. The average Bonchev–Trinajstić information content (AvgIpc) is 2.47. The molecule has 0 saturated heterocycles. The van der Waals surface area contributed by atoms with E-state index in [1.807, 2.05) is 0 Å². The zero-order chi connectivity index (χ0) is 14.8. The van der Waals surface area contributed by atoms with Crippen LogP contribution in [0.15, 0.2) is 12.1 Å². The molecule has 1 rings (SSSR count). The molecule has 0 bridgehead atoms. The van der Waals surface area contributed by atoms with Crippen molar-refractivity contribution >= 4 is 19.4 Å². The molecule has 3 nitrogen and oxygen atoms in total. The summed E-state index contributed by atoms with van der Waals surface area (Å²) in [4.78, 5) is 0. The molecule has 0 aliphatic rings. The molecule has 1 aromatic carbocycles. The molecule has 0 atom stereocenters. The van der Waals surface area contributed by atoms with E-state index in [4.69, 9.17) is 15.2 Å². The van der Waals surface area contributed by atoms with Gasteiger partial charge < -0.3 is 0 Å². The number of ether oxygens (including phenoxy) is 2. The molecule has 0 aliphatic heterocycles. The fourth-order valence-electron chi connectivity index (χ4n) is 2.11. The molecule has 0 radical (unpaired) electrons. The van der Waals surface area contributed by atoms with Gasteiger partial charge in [0.25, 0.3) is 0 Å². The first kappa shape index (κ1) is 17.4. The Balaban J connectivity index is 2.73. The van der Waals surface area contributed by atoms with Gasteiger partial charge in [-0.25, -0.2) is 0 Å². The van der Waals surface area contributed by atoms with E-state index in [0.29, 0.717) is 21.5 Å². The summed E-state index contributed by atoms with van der Waals surface area (Å²) in [5.41, 5.74) is 6.78. The minimum atomic E-state index is 0.452. The van der Waals surface area contributed by atoms with Crippen LogP contribution >= 0.6 is 0 Å². The number of unbranched alkanes of at least 4 members (excludes halogenated alkanes) is 3. The topological polar surface area (TPSA) is 44.5 Å². The fourth-order valence-corrected chi connectivity index (χ4v) is 4.30. The van der Waals surface area contributed by atoms with Gasteiger partial charge in [0.05, 0.1) is 0 Å². The molecule has 0 unspecified atom stereocenters. The van der Waals surface area contributed by atoms with Crippen LogP contribution in [0, 0.1) is 0 Å². The quantitative estimate of drug-likeness (QED) is 0.524. The molecule has 0 amide bonds. The van der Waals surface area contributed by atoms with Crippen LogP contribution in [0.4, 0.5) is 0 Å². The molecule has 2 N–H and O–H groups in total. The molecule has 0 saturated carbocycles. The number of benzene rings is 1. The Labute approximate surface area is 129 Å². The first-order chi connectivity index (χ1) is 9.76. The molecule has 0 spiro atoms. The Morgan fingerprint density at radius 2 is 1.80 bits per heavy atom. The summed E-state index contributed by atoms with van der Waals surface area (Å²) >= 11 is 0.452. The van der Waals surface area contributed by atoms with E-state index in [2.05, 4.69) is 19.1 Å². The zero-order valence-corrected chi connectivity index (χ0v) is 14.6. The normalized spacial score (nSPS) is 10.6. The molecule has 0 aromatic heterocycles. The van der Waals surface area contributed by atoms with E-state index in [9.17, 15) is 0 Å². The van der Waals surface area contributed by atoms with Crippen molar-refractivity contribution in [3.63, 3.8) is 0 Å². The summed E-state index contributed by atoms with van der Waals surface area (Å²) < 4.78 is 12.3. The summed E-state index contributed by atoms with van der Waals surface area (Å²) in [6.45, 7) is 2.87. The van der Waals surface area contributed by atoms with Gasteiger partial charge in [-0.2, -0.15) is 0 Å². The Morgan fingerprint density at radius 1 is 1.05 bits per heavy atom. The number of rotatable bonds is 10. The second-order valence-electron chi connectivity index (χ2n) is 4.76. The maximum absolute atomic E-state index is 5.65. The first-order valence-electron chi connectivity index (χ1n) is 7.34. The van der Waals surface area contributed by atoms with Crippen molar-refractivity contribution in [2.24, 2.45) is 5.73 Å². The van der Waals surface area contributed by atoms with E-state index in [-0.39, 0.29) is 0 Å². The first-order valence-corrected chi connectivity index (χ1v) is 9.41. The maximum atomic E-state index is 5.65. The predicted molar refractivity (Wildman–Crippen MR) is 86.6 cm³/mol. The van der Waals surface area contributed by atoms with Crippen LogP contribution in [0.5, 0.6) is 11.5 Å². The molecule has 4 heteroatoms. The third-order valence-corrected chi connectivity index (χ3v) is 5.59. The summed E-state index contributed by atoms with van der Waals surface area (Å²) in [5, 5.41) is 1.27. The van der Waals surface area contributed by atoms with Crippen LogP contribution in [0.3, 0.4) is 0 Å². The Hall–Kier alpha value is -0.701. The van der Waals surface area contributed by atoms with Gasteiger partial charge in [0.15, 0.2) is 0 Å². The SMILES string of the molecule is CCCCCC[Se]c1cc(OC)c(CCN)cc1OC. The number of methoxy groups -OCH3 is 2. The Kier molecular flexibility index (Phi) is 8.75. The molecule has 20 heavy (non-hydrogen) atoms. The van der Waals surface area contributed by atoms with Gasteiger partial charge in [-0.15, -0.1) is 0 Å². The van der Waals surface area contributed by atoms with E-state index in [1.165, 1.54) is 35.5 Å². The van der Waals surface area contributed by atoms with Gasteiger partial charge in [-0.1, -0.05) is 0 Å². The molecule has 0 heterocycles. The Bertz CT molecular complexity index is 396. The molecule has 1 aromatic rings. The fraction of sp³-hybridized carbons (Fsp3) is 0.625. The number of hydrogen-bond acceptors (Lipinski definition) is 3. The Morgan fingerprint density at radius 3 is 2.40 bits per heavy atom. The molecule has 0 fully saturated rings. The second kappa shape index (κ2) is 10.1. The van der Waals surface area contributed by atoms with Crippen molar-refractivity contribution in [2.45, 2.75) is 44.3 Å². The van der Waals surface area contributed by atoms with E-state index in [0.717, 1.165) is 23.5 Å². The zero-order valence-electron chi connectivity index (χ0n) is 12.9. The van der Waals surface area contributed by atoms with Gasteiger partial charge in [0.2, 0.25) is 0 Å². The third-order valence-electron chi connectivity index (χ3n) is 3.24. The minimum absolute atomic E-state index is 0.452. The summed E-state index contributed by atoms with van der Waals surface area (Å²) in [7, 11) is 3.46. The van der Waals surface area contributed by atoms with Crippen LogP contribution < -0.4 is 19.7 Å².